The van der Waals surface area contributed by atoms with E-state index in [0.717, 1.165) is 22.0 Å². The van der Waals surface area contributed by atoms with E-state index in [1.54, 1.807) is 6.20 Å². The minimum Gasteiger partial charge on any atom is -0.482 e. The lowest BCUT2D eigenvalue weighted by atomic mass is 10.1. The van der Waals surface area contributed by atoms with Crippen molar-refractivity contribution in [3.8, 4) is 5.75 Å². The smallest absolute Gasteiger partial charge is 0.155 e. The van der Waals surface area contributed by atoms with E-state index in [2.05, 4.69) is 4.98 Å². The number of nitrogens with zero attached hydrogens (tertiary/aromatic N) is 1. The van der Waals surface area contributed by atoms with E-state index in [1.165, 1.54) is 0 Å². The molecule has 2 atom stereocenters. The number of rotatable bonds is 4. The molecule has 2 unspecified atom stereocenters. The lowest BCUT2D eigenvalue weighted by molar-refractivity contribution is 0.175. The van der Waals surface area contributed by atoms with E-state index in [4.69, 9.17) is 22.1 Å². The van der Waals surface area contributed by atoms with Crippen LogP contribution in [0.5, 0.6) is 5.75 Å². The molecule has 0 saturated heterocycles. The van der Waals surface area contributed by atoms with Gasteiger partial charge in [-0.3, -0.25) is 4.98 Å². The zero-order valence-corrected chi connectivity index (χ0v) is 11.8. The molecule has 100 valence electrons. The Bertz CT molecular complexity index is 543. The van der Waals surface area contributed by atoms with Gasteiger partial charge in [-0.2, -0.15) is 0 Å². The summed E-state index contributed by atoms with van der Waals surface area (Å²) in [5.41, 5.74) is 7.79. The van der Waals surface area contributed by atoms with Gasteiger partial charge in [-0.1, -0.05) is 17.7 Å². The number of halogens is 1. The second-order valence-electron chi connectivity index (χ2n) is 4.56. The van der Waals surface area contributed by atoms with Gasteiger partial charge in [0.1, 0.15) is 5.75 Å². The van der Waals surface area contributed by atoms with Crippen molar-refractivity contribution in [2.24, 2.45) is 5.73 Å². The number of aryl methyl sites for hydroxylation is 1. The summed E-state index contributed by atoms with van der Waals surface area (Å²) in [5.74, 6) is 0.745. The number of ether oxygens (including phenoxy) is 1. The average molecular weight is 277 g/mol. The van der Waals surface area contributed by atoms with Crippen molar-refractivity contribution in [3.63, 3.8) is 0 Å². The van der Waals surface area contributed by atoms with E-state index in [0.29, 0.717) is 0 Å². The third-order valence-electron chi connectivity index (χ3n) is 2.85. The lowest BCUT2D eigenvalue weighted by Crippen LogP contribution is -2.29. The van der Waals surface area contributed by atoms with Gasteiger partial charge in [0.05, 0.1) is 5.69 Å². The number of pyridine rings is 1. The predicted octanol–water partition coefficient (Wildman–Crippen LogP) is 3.51. The number of aromatic nitrogens is 1. The van der Waals surface area contributed by atoms with Gasteiger partial charge in [0.15, 0.2) is 6.10 Å². The van der Waals surface area contributed by atoms with Crippen LogP contribution in [-0.4, -0.2) is 11.0 Å². The summed E-state index contributed by atoms with van der Waals surface area (Å²) in [7, 11) is 0. The molecule has 4 heteroatoms. The minimum absolute atomic E-state index is 0.161. The van der Waals surface area contributed by atoms with Crippen molar-refractivity contribution in [1.82, 2.24) is 4.98 Å². The van der Waals surface area contributed by atoms with Gasteiger partial charge in [-0.15, -0.1) is 0 Å². The molecule has 1 aromatic heterocycles. The number of nitrogens with two attached hydrogens (primary N) is 1. The van der Waals surface area contributed by atoms with Crippen molar-refractivity contribution in [1.29, 1.82) is 0 Å². The first kappa shape index (κ1) is 13.8. The largest absolute Gasteiger partial charge is 0.482 e. The van der Waals surface area contributed by atoms with E-state index in [-0.39, 0.29) is 12.1 Å². The maximum atomic E-state index is 6.00. The molecular weight excluding hydrogens is 260 g/mol. The van der Waals surface area contributed by atoms with Crippen LogP contribution in [0, 0.1) is 6.92 Å². The van der Waals surface area contributed by atoms with E-state index in [1.807, 2.05) is 50.2 Å². The topological polar surface area (TPSA) is 48.1 Å². The predicted molar refractivity (Wildman–Crippen MR) is 77.4 cm³/mol. The van der Waals surface area contributed by atoms with Crippen LogP contribution in [0.1, 0.15) is 24.3 Å². The standard InChI is InChI=1S/C15H17ClN2O/c1-10-9-12(6-7-13(10)16)19-15(11(2)17)14-5-3-4-8-18-14/h3-9,11,15H,17H2,1-2H3. The molecule has 0 fully saturated rings. The normalized spacial score (nSPS) is 13.9. The molecule has 3 nitrogen and oxygen atoms in total. The molecule has 19 heavy (non-hydrogen) atoms. The molecule has 0 aliphatic heterocycles. The Morgan fingerprint density at radius 2 is 2.05 bits per heavy atom. The zero-order valence-electron chi connectivity index (χ0n) is 11.0. The summed E-state index contributed by atoms with van der Waals surface area (Å²) in [6.45, 7) is 3.85. The van der Waals surface area contributed by atoms with Gasteiger partial charge in [-0.25, -0.2) is 0 Å². The second-order valence-corrected chi connectivity index (χ2v) is 4.97. The molecule has 0 aliphatic rings. The molecule has 1 aromatic carbocycles. The molecule has 0 amide bonds. The highest BCUT2D eigenvalue weighted by molar-refractivity contribution is 6.31. The fraction of sp³-hybridized carbons (Fsp3) is 0.267. The first-order valence-electron chi connectivity index (χ1n) is 6.17. The van der Waals surface area contributed by atoms with Gasteiger partial charge in [-0.05, 0) is 49.7 Å². The first-order chi connectivity index (χ1) is 9.08. The molecule has 2 N–H and O–H groups in total. The molecule has 0 bridgehead atoms. The van der Waals surface area contributed by atoms with Gasteiger partial charge in [0, 0.05) is 17.3 Å². The molecule has 0 aliphatic carbocycles. The molecule has 0 radical (unpaired) electrons. The quantitative estimate of drug-likeness (QED) is 0.930. The van der Waals surface area contributed by atoms with Crippen LogP contribution in [-0.2, 0) is 0 Å². The zero-order chi connectivity index (χ0) is 13.8. The van der Waals surface area contributed by atoms with E-state index < -0.39 is 0 Å². The highest BCUT2D eigenvalue weighted by Gasteiger charge is 2.19. The first-order valence-corrected chi connectivity index (χ1v) is 6.55. The van der Waals surface area contributed by atoms with Crippen molar-refractivity contribution in [2.75, 3.05) is 0 Å². The fourth-order valence-corrected chi connectivity index (χ4v) is 1.94. The fourth-order valence-electron chi connectivity index (χ4n) is 1.82. The monoisotopic (exact) mass is 276 g/mol. The van der Waals surface area contributed by atoms with Gasteiger partial charge < -0.3 is 10.5 Å². The van der Waals surface area contributed by atoms with E-state index in [9.17, 15) is 0 Å². The lowest BCUT2D eigenvalue weighted by Gasteiger charge is -2.22. The Morgan fingerprint density at radius 1 is 1.26 bits per heavy atom. The second kappa shape index (κ2) is 6.04. The molecular formula is C15H17ClN2O. The van der Waals surface area contributed by atoms with Crippen molar-refractivity contribution < 1.29 is 4.74 Å². The molecule has 2 rings (SSSR count). The van der Waals surface area contributed by atoms with Crippen molar-refractivity contribution in [3.05, 3.63) is 58.9 Å². The number of hydrogen-bond donors (Lipinski definition) is 1. The van der Waals surface area contributed by atoms with Gasteiger partial charge in [0.25, 0.3) is 0 Å². The highest BCUT2D eigenvalue weighted by Crippen LogP contribution is 2.26. The molecule has 1 heterocycles. The molecule has 0 saturated carbocycles. The maximum absolute atomic E-state index is 6.00. The Balaban J connectivity index is 2.24. The van der Waals surface area contributed by atoms with Crippen LogP contribution < -0.4 is 10.5 Å². The van der Waals surface area contributed by atoms with Crippen molar-refractivity contribution in [2.45, 2.75) is 26.0 Å². The Hall–Kier alpha value is -1.58. The van der Waals surface area contributed by atoms with Crippen LogP contribution in [0.15, 0.2) is 42.6 Å². The van der Waals surface area contributed by atoms with Crippen LogP contribution in [0.25, 0.3) is 0 Å². The summed E-state index contributed by atoms with van der Waals surface area (Å²) >= 11 is 6.00. The average Bonchev–Trinajstić information content (AvgIpc) is 2.40. The van der Waals surface area contributed by atoms with Crippen LogP contribution in [0.3, 0.4) is 0 Å². The highest BCUT2D eigenvalue weighted by atomic mass is 35.5. The minimum atomic E-state index is -0.276. The van der Waals surface area contributed by atoms with Gasteiger partial charge >= 0.3 is 0 Å². The Morgan fingerprint density at radius 3 is 2.63 bits per heavy atom. The third kappa shape index (κ3) is 3.46. The van der Waals surface area contributed by atoms with Crippen LogP contribution in [0.2, 0.25) is 5.02 Å². The number of benzene rings is 1. The summed E-state index contributed by atoms with van der Waals surface area (Å²) in [6.07, 6.45) is 1.46. The third-order valence-corrected chi connectivity index (χ3v) is 3.27. The van der Waals surface area contributed by atoms with Crippen LogP contribution >= 0.6 is 11.6 Å². The summed E-state index contributed by atoms with van der Waals surface area (Å²) in [6, 6.07) is 11.1. The Labute approximate surface area is 118 Å². The van der Waals surface area contributed by atoms with Gasteiger partial charge in [0.2, 0.25) is 0 Å². The summed E-state index contributed by atoms with van der Waals surface area (Å²) < 4.78 is 5.95. The van der Waals surface area contributed by atoms with Crippen molar-refractivity contribution >= 4 is 11.6 Å². The maximum Gasteiger partial charge on any atom is 0.155 e. The summed E-state index contributed by atoms with van der Waals surface area (Å²) in [5, 5.41) is 0.725. The SMILES string of the molecule is Cc1cc(OC(c2ccccn2)C(C)N)ccc1Cl. The Kier molecular flexibility index (Phi) is 4.40. The summed E-state index contributed by atoms with van der Waals surface area (Å²) in [4.78, 5) is 4.31. The van der Waals surface area contributed by atoms with Crippen LogP contribution in [0.4, 0.5) is 0 Å². The number of hydrogen-bond acceptors (Lipinski definition) is 3. The molecule has 2 aromatic rings. The van der Waals surface area contributed by atoms with E-state index >= 15 is 0 Å². The molecule has 0 spiro atoms.